The van der Waals surface area contributed by atoms with Gasteiger partial charge in [0.15, 0.2) is 5.82 Å². The molecule has 0 unspecified atom stereocenters. The Hall–Kier alpha value is -4.08. The summed E-state index contributed by atoms with van der Waals surface area (Å²) in [6.45, 7) is 1.66. The number of hydrogen-bond donors (Lipinski definition) is 3. The number of aromatic amines is 1. The Morgan fingerprint density at radius 2 is 1.92 bits per heavy atom. The Kier molecular flexibility index (Phi) is 5.82. The molecule has 2 heterocycles. The zero-order valence-corrected chi connectivity index (χ0v) is 19.5. The second kappa shape index (κ2) is 8.85. The van der Waals surface area contributed by atoms with Crippen LogP contribution in [-0.4, -0.2) is 44.7 Å². The van der Waals surface area contributed by atoms with E-state index in [0.29, 0.717) is 33.4 Å². The number of carboxylic acid groups (broad SMARTS) is 1. The van der Waals surface area contributed by atoms with E-state index < -0.39 is 23.2 Å². The molecule has 7 nitrogen and oxygen atoms in total. The first-order valence-corrected chi connectivity index (χ1v) is 11.3. The van der Waals surface area contributed by atoms with Gasteiger partial charge >= 0.3 is 5.97 Å². The van der Waals surface area contributed by atoms with Crippen molar-refractivity contribution in [3.8, 4) is 16.8 Å². The molecule has 2 aromatic heterocycles. The molecule has 5 rings (SSSR count). The topological polar surface area (TPSA) is 100 Å². The van der Waals surface area contributed by atoms with Crippen LogP contribution in [0, 0.1) is 11.6 Å². The number of H-pyrrole nitrogens is 1. The van der Waals surface area contributed by atoms with E-state index in [2.05, 4.69) is 10.2 Å². The van der Waals surface area contributed by atoms with Crippen molar-refractivity contribution in [1.29, 1.82) is 0 Å². The summed E-state index contributed by atoms with van der Waals surface area (Å²) in [7, 11) is 1.45. The number of aliphatic hydroxyl groups is 1. The second-order valence-electron chi connectivity index (χ2n) is 8.66. The van der Waals surface area contributed by atoms with Gasteiger partial charge in [-0.1, -0.05) is 25.1 Å². The third-order valence-electron chi connectivity index (χ3n) is 6.50. The minimum Gasteiger partial charge on any atom is -0.478 e. The van der Waals surface area contributed by atoms with E-state index in [1.807, 2.05) is 0 Å². The molecule has 0 aliphatic rings. The number of methoxy groups -OCH3 is 1. The van der Waals surface area contributed by atoms with Crippen LogP contribution in [0.4, 0.5) is 8.78 Å². The van der Waals surface area contributed by atoms with Crippen LogP contribution in [0.15, 0.2) is 60.8 Å². The second-order valence-corrected chi connectivity index (χ2v) is 8.66. The first kappa shape index (κ1) is 23.7. The molecule has 184 valence electrons. The first-order chi connectivity index (χ1) is 17.3. The van der Waals surface area contributed by atoms with E-state index in [0.717, 1.165) is 0 Å². The van der Waals surface area contributed by atoms with Gasteiger partial charge in [0.05, 0.1) is 29.6 Å². The minimum absolute atomic E-state index is 0.0632. The highest BCUT2D eigenvalue weighted by molar-refractivity contribution is 6.06. The average molecular weight is 491 g/mol. The zero-order chi connectivity index (χ0) is 25.6. The maximum atomic E-state index is 16.2. The summed E-state index contributed by atoms with van der Waals surface area (Å²) < 4.78 is 37.6. The van der Waals surface area contributed by atoms with Crippen LogP contribution in [0.2, 0.25) is 0 Å². The molecule has 0 spiro atoms. The quantitative estimate of drug-likeness (QED) is 0.283. The van der Waals surface area contributed by atoms with Gasteiger partial charge in [0.1, 0.15) is 16.9 Å². The number of nitrogens with one attached hydrogen (secondary N) is 1. The monoisotopic (exact) mass is 491 g/mol. The van der Waals surface area contributed by atoms with Crippen LogP contribution in [0.1, 0.15) is 29.4 Å². The number of benzene rings is 3. The van der Waals surface area contributed by atoms with E-state index in [1.54, 1.807) is 35.8 Å². The molecule has 3 N–H and O–H groups in total. The van der Waals surface area contributed by atoms with Gasteiger partial charge in [0.25, 0.3) is 0 Å². The van der Waals surface area contributed by atoms with Crippen LogP contribution in [0.3, 0.4) is 0 Å². The molecular weight excluding hydrogens is 468 g/mol. The maximum absolute atomic E-state index is 16.2. The third-order valence-corrected chi connectivity index (χ3v) is 6.50. The highest BCUT2D eigenvalue weighted by Gasteiger charge is 2.38. The molecule has 0 radical (unpaired) electrons. The Bertz CT molecular complexity index is 1610. The van der Waals surface area contributed by atoms with Gasteiger partial charge in [0.2, 0.25) is 0 Å². The van der Waals surface area contributed by atoms with Crippen molar-refractivity contribution >= 4 is 27.8 Å². The number of rotatable bonds is 7. The molecule has 1 atom stereocenters. The lowest BCUT2D eigenvalue weighted by molar-refractivity contribution is -0.0422. The number of hydrogen-bond acceptors (Lipinski definition) is 4. The standard InChI is InChI=1S/C27H23F2N3O4/c1-3-27(35,14-36-2)25-21(15-7-9-16(10-8-15)26(33)34)22-20(11-17-13-30-31-24(17)23(22)29)32(25)19-6-4-5-18(28)12-19/h4-13,35H,3,14H2,1-2H3,(H,30,31)(H,33,34)/t27-/m1/s1. The number of nitrogens with zero attached hydrogens (tertiary/aromatic N) is 2. The van der Waals surface area contributed by atoms with Gasteiger partial charge in [-0.2, -0.15) is 5.10 Å². The molecule has 0 saturated heterocycles. The lowest BCUT2D eigenvalue weighted by Gasteiger charge is -2.29. The number of fused-ring (bicyclic) bond motifs is 2. The number of halogens is 2. The molecule has 9 heteroatoms. The van der Waals surface area contributed by atoms with Crippen molar-refractivity contribution in [3.05, 3.63) is 83.7 Å². The number of carboxylic acids is 1. The molecule has 36 heavy (non-hydrogen) atoms. The van der Waals surface area contributed by atoms with Crippen LogP contribution in [0.5, 0.6) is 0 Å². The molecule has 0 amide bonds. The van der Waals surface area contributed by atoms with E-state index in [-0.39, 0.29) is 29.5 Å². The molecule has 5 aromatic rings. The fourth-order valence-electron chi connectivity index (χ4n) is 4.76. The fraction of sp³-hybridized carbons (Fsp3) is 0.185. The van der Waals surface area contributed by atoms with Gasteiger partial charge in [-0.25, -0.2) is 13.6 Å². The van der Waals surface area contributed by atoms with Crippen molar-refractivity contribution in [3.63, 3.8) is 0 Å². The fourth-order valence-corrected chi connectivity index (χ4v) is 4.76. The van der Waals surface area contributed by atoms with Gasteiger partial charge in [-0.15, -0.1) is 0 Å². The van der Waals surface area contributed by atoms with Crippen LogP contribution in [-0.2, 0) is 10.3 Å². The summed E-state index contributed by atoms with van der Waals surface area (Å²) in [6.07, 6.45) is 1.69. The summed E-state index contributed by atoms with van der Waals surface area (Å²) in [5.74, 6) is -2.19. The Balaban J connectivity index is 2.01. The van der Waals surface area contributed by atoms with Gasteiger partial charge in [0, 0.05) is 29.1 Å². The van der Waals surface area contributed by atoms with Crippen molar-refractivity contribution < 1.29 is 28.5 Å². The van der Waals surface area contributed by atoms with Gasteiger partial charge in [-0.05, 0) is 48.4 Å². The zero-order valence-electron chi connectivity index (χ0n) is 19.5. The smallest absolute Gasteiger partial charge is 0.335 e. The van der Waals surface area contributed by atoms with E-state index >= 15 is 4.39 Å². The van der Waals surface area contributed by atoms with Crippen molar-refractivity contribution in [2.75, 3.05) is 13.7 Å². The van der Waals surface area contributed by atoms with Crippen LogP contribution < -0.4 is 0 Å². The Labute approximate surface area is 204 Å². The summed E-state index contributed by atoms with van der Waals surface area (Å²) in [4.78, 5) is 11.4. The molecule has 0 aliphatic heterocycles. The Morgan fingerprint density at radius 3 is 2.56 bits per heavy atom. The highest BCUT2D eigenvalue weighted by atomic mass is 19.1. The maximum Gasteiger partial charge on any atom is 0.335 e. The number of ether oxygens (including phenoxy) is 1. The largest absolute Gasteiger partial charge is 0.478 e. The molecule has 0 aliphatic carbocycles. The predicted octanol–water partition coefficient (Wildman–Crippen LogP) is 5.39. The van der Waals surface area contributed by atoms with Crippen LogP contribution >= 0.6 is 0 Å². The lowest BCUT2D eigenvalue weighted by atomic mass is 9.89. The molecule has 3 aromatic carbocycles. The summed E-state index contributed by atoms with van der Waals surface area (Å²) >= 11 is 0. The Morgan fingerprint density at radius 1 is 1.17 bits per heavy atom. The predicted molar refractivity (Wildman–Crippen MR) is 131 cm³/mol. The van der Waals surface area contributed by atoms with Gasteiger partial charge < -0.3 is 19.5 Å². The summed E-state index contributed by atoms with van der Waals surface area (Å²) in [5.41, 5.74) is 0.552. The number of carbonyl (C=O) groups is 1. The molecule has 0 bridgehead atoms. The SMILES string of the molecule is CC[C@@](O)(COC)c1c(-c2ccc(C(=O)O)cc2)c2c(F)c3[nH]ncc3cc2n1-c1cccc(F)c1. The van der Waals surface area contributed by atoms with E-state index in [9.17, 15) is 19.4 Å². The highest BCUT2D eigenvalue weighted by Crippen LogP contribution is 2.45. The molecular formula is C27H23F2N3O4. The summed E-state index contributed by atoms with van der Waals surface area (Å²) in [5, 5.41) is 28.6. The van der Waals surface area contributed by atoms with Crippen LogP contribution in [0.25, 0.3) is 38.6 Å². The number of aromatic carboxylic acids is 1. The van der Waals surface area contributed by atoms with Crippen molar-refractivity contribution in [1.82, 2.24) is 14.8 Å². The van der Waals surface area contributed by atoms with E-state index in [4.69, 9.17) is 4.74 Å². The van der Waals surface area contributed by atoms with E-state index in [1.165, 1.54) is 43.6 Å². The average Bonchev–Trinajstić information content (AvgIpc) is 3.48. The minimum atomic E-state index is -1.60. The van der Waals surface area contributed by atoms with Crippen molar-refractivity contribution in [2.45, 2.75) is 18.9 Å². The normalized spacial score (nSPS) is 13.4. The summed E-state index contributed by atoms with van der Waals surface area (Å²) in [6, 6.07) is 13.5. The first-order valence-electron chi connectivity index (χ1n) is 11.3. The van der Waals surface area contributed by atoms with Crippen molar-refractivity contribution in [2.24, 2.45) is 0 Å². The molecule has 0 fully saturated rings. The molecule has 0 saturated carbocycles. The number of aromatic nitrogens is 3. The van der Waals surface area contributed by atoms with Gasteiger partial charge in [-0.3, -0.25) is 5.10 Å². The lowest BCUT2D eigenvalue weighted by Crippen LogP contribution is -2.33. The third kappa shape index (κ3) is 3.64.